The number of thioether (sulfide) groups is 1. The summed E-state index contributed by atoms with van der Waals surface area (Å²) in [5, 5.41) is 0.432. The lowest BCUT2D eigenvalue weighted by Gasteiger charge is -2.31. The van der Waals surface area contributed by atoms with E-state index in [1.165, 1.54) is 7.11 Å². The van der Waals surface area contributed by atoms with Crippen LogP contribution < -0.4 is 5.73 Å². The van der Waals surface area contributed by atoms with Gasteiger partial charge in [0.05, 0.1) is 25.6 Å². The van der Waals surface area contributed by atoms with E-state index in [2.05, 4.69) is 0 Å². The highest BCUT2D eigenvalue weighted by Gasteiger charge is 2.38. The monoisotopic (exact) mass is 267 g/mol. The average Bonchev–Trinajstić information content (AvgIpc) is 2.36. The van der Waals surface area contributed by atoms with Crippen LogP contribution in [0.3, 0.4) is 0 Å². The van der Waals surface area contributed by atoms with E-state index < -0.39 is 11.5 Å². The molecule has 0 aliphatic carbocycles. The van der Waals surface area contributed by atoms with Crippen molar-refractivity contribution in [2.45, 2.75) is 10.8 Å². The summed E-state index contributed by atoms with van der Waals surface area (Å²) < 4.78 is 9.96. The van der Waals surface area contributed by atoms with Gasteiger partial charge in [0.15, 0.2) is 0 Å². The summed E-state index contributed by atoms with van der Waals surface area (Å²) >= 11 is 1.66. The first kappa shape index (κ1) is 13.4. The summed E-state index contributed by atoms with van der Waals surface area (Å²) in [6.45, 7) is 1.47. The minimum absolute atomic E-state index is 0.401. The predicted molar refractivity (Wildman–Crippen MR) is 71.4 cm³/mol. The SMILES string of the molecule is COC(=O)C(N)(CSC1COC1)c1ccccc1. The van der Waals surface area contributed by atoms with Gasteiger partial charge in [-0.1, -0.05) is 30.3 Å². The van der Waals surface area contributed by atoms with Gasteiger partial charge in [-0.25, -0.2) is 4.79 Å². The lowest BCUT2D eigenvalue weighted by atomic mass is 9.93. The zero-order chi connectivity index (χ0) is 13.0. The summed E-state index contributed by atoms with van der Waals surface area (Å²) in [6.07, 6.45) is 0. The molecule has 1 aromatic rings. The van der Waals surface area contributed by atoms with Crippen molar-refractivity contribution in [2.75, 3.05) is 26.1 Å². The summed E-state index contributed by atoms with van der Waals surface area (Å²) in [5.74, 6) is 0.0963. The van der Waals surface area contributed by atoms with Gasteiger partial charge in [-0.15, -0.1) is 0 Å². The molecule has 1 aromatic carbocycles. The van der Waals surface area contributed by atoms with Crippen molar-refractivity contribution in [1.29, 1.82) is 0 Å². The molecule has 2 rings (SSSR count). The molecule has 1 aliphatic heterocycles. The van der Waals surface area contributed by atoms with Gasteiger partial charge in [0, 0.05) is 5.75 Å². The van der Waals surface area contributed by atoms with E-state index in [0.29, 0.717) is 11.0 Å². The molecule has 0 saturated carbocycles. The number of hydrogen-bond donors (Lipinski definition) is 1. The second-order valence-electron chi connectivity index (χ2n) is 4.30. The number of methoxy groups -OCH3 is 1. The summed E-state index contributed by atoms with van der Waals surface area (Å²) in [5.41, 5.74) is 5.96. The lowest BCUT2D eigenvalue weighted by Crippen LogP contribution is -2.49. The average molecular weight is 267 g/mol. The highest BCUT2D eigenvalue weighted by atomic mass is 32.2. The Balaban J connectivity index is 2.14. The zero-order valence-corrected chi connectivity index (χ0v) is 11.1. The third-order valence-electron chi connectivity index (χ3n) is 2.99. The highest BCUT2D eigenvalue weighted by molar-refractivity contribution is 8.00. The van der Waals surface area contributed by atoms with Crippen LogP contribution in [0.15, 0.2) is 30.3 Å². The molecule has 0 amide bonds. The smallest absolute Gasteiger partial charge is 0.331 e. The second kappa shape index (κ2) is 5.73. The molecule has 4 nitrogen and oxygen atoms in total. The molecule has 5 heteroatoms. The van der Waals surface area contributed by atoms with Gasteiger partial charge < -0.3 is 15.2 Å². The Morgan fingerprint density at radius 1 is 1.50 bits per heavy atom. The van der Waals surface area contributed by atoms with E-state index in [1.54, 1.807) is 11.8 Å². The van der Waals surface area contributed by atoms with Crippen molar-refractivity contribution in [3.8, 4) is 0 Å². The van der Waals surface area contributed by atoms with E-state index in [1.807, 2.05) is 30.3 Å². The summed E-state index contributed by atoms with van der Waals surface area (Å²) in [6, 6.07) is 9.35. The number of carbonyl (C=O) groups excluding carboxylic acids is 1. The van der Waals surface area contributed by atoms with Crippen LogP contribution in [0.2, 0.25) is 0 Å². The number of carbonyl (C=O) groups is 1. The van der Waals surface area contributed by atoms with Crippen molar-refractivity contribution >= 4 is 17.7 Å². The molecule has 0 spiro atoms. The van der Waals surface area contributed by atoms with Gasteiger partial charge in [0.1, 0.15) is 5.54 Å². The molecule has 0 radical (unpaired) electrons. The molecule has 1 heterocycles. The molecule has 0 bridgehead atoms. The quantitative estimate of drug-likeness (QED) is 0.811. The van der Waals surface area contributed by atoms with Crippen molar-refractivity contribution in [2.24, 2.45) is 5.73 Å². The van der Waals surface area contributed by atoms with Crippen molar-refractivity contribution < 1.29 is 14.3 Å². The van der Waals surface area contributed by atoms with Gasteiger partial charge in [0.2, 0.25) is 0 Å². The van der Waals surface area contributed by atoms with Crippen LogP contribution >= 0.6 is 11.8 Å². The van der Waals surface area contributed by atoms with Crippen LogP contribution in [-0.2, 0) is 19.8 Å². The highest BCUT2D eigenvalue weighted by Crippen LogP contribution is 2.29. The Morgan fingerprint density at radius 2 is 2.17 bits per heavy atom. The van der Waals surface area contributed by atoms with Crippen molar-refractivity contribution in [3.63, 3.8) is 0 Å². The van der Waals surface area contributed by atoms with Crippen molar-refractivity contribution in [3.05, 3.63) is 35.9 Å². The molecule has 2 N–H and O–H groups in total. The first-order valence-electron chi connectivity index (χ1n) is 5.79. The van der Waals surface area contributed by atoms with Crippen LogP contribution in [0.25, 0.3) is 0 Å². The molecule has 1 aliphatic rings. The normalized spacial score (nSPS) is 18.8. The topological polar surface area (TPSA) is 61.5 Å². The summed E-state index contributed by atoms with van der Waals surface area (Å²) in [4.78, 5) is 12.0. The number of hydrogen-bond acceptors (Lipinski definition) is 5. The van der Waals surface area contributed by atoms with Gasteiger partial charge in [0.25, 0.3) is 0 Å². The van der Waals surface area contributed by atoms with Crippen LogP contribution in [-0.4, -0.2) is 37.3 Å². The lowest BCUT2D eigenvalue weighted by molar-refractivity contribution is -0.146. The molecular formula is C13H17NO3S. The fraction of sp³-hybridized carbons (Fsp3) is 0.462. The Labute approximate surface area is 111 Å². The summed E-state index contributed by atoms with van der Waals surface area (Å²) in [7, 11) is 1.37. The maximum absolute atomic E-state index is 12.0. The molecule has 98 valence electrons. The van der Waals surface area contributed by atoms with Crippen LogP contribution in [0.1, 0.15) is 5.56 Å². The largest absolute Gasteiger partial charge is 0.467 e. The molecular weight excluding hydrogens is 250 g/mol. The Bertz CT molecular complexity index is 408. The fourth-order valence-corrected chi connectivity index (χ4v) is 2.91. The third kappa shape index (κ3) is 2.68. The zero-order valence-electron chi connectivity index (χ0n) is 10.3. The van der Waals surface area contributed by atoms with E-state index in [-0.39, 0.29) is 0 Å². The fourth-order valence-electron chi connectivity index (χ4n) is 1.74. The standard InChI is InChI=1S/C13H17NO3S/c1-16-12(15)13(14,9-18-11-7-17-8-11)10-5-3-2-4-6-10/h2-6,11H,7-9,14H2,1H3. The minimum Gasteiger partial charge on any atom is -0.467 e. The number of benzene rings is 1. The number of nitrogens with two attached hydrogens (primary N) is 1. The van der Waals surface area contributed by atoms with E-state index >= 15 is 0 Å². The molecule has 1 fully saturated rings. The van der Waals surface area contributed by atoms with E-state index in [0.717, 1.165) is 18.8 Å². The molecule has 0 aromatic heterocycles. The van der Waals surface area contributed by atoms with Crippen LogP contribution in [0.4, 0.5) is 0 Å². The maximum atomic E-state index is 12.0. The first-order valence-corrected chi connectivity index (χ1v) is 6.84. The number of rotatable bonds is 5. The molecule has 18 heavy (non-hydrogen) atoms. The van der Waals surface area contributed by atoms with Gasteiger partial charge in [-0.2, -0.15) is 11.8 Å². The Hall–Kier alpha value is -1.04. The predicted octanol–water partition coefficient (Wildman–Crippen LogP) is 1.15. The second-order valence-corrected chi connectivity index (χ2v) is 5.59. The number of esters is 1. The van der Waals surface area contributed by atoms with Crippen LogP contribution in [0, 0.1) is 0 Å². The third-order valence-corrected chi connectivity index (χ3v) is 4.36. The van der Waals surface area contributed by atoms with Crippen molar-refractivity contribution in [1.82, 2.24) is 0 Å². The van der Waals surface area contributed by atoms with Crippen LogP contribution in [0.5, 0.6) is 0 Å². The van der Waals surface area contributed by atoms with E-state index in [9.17, 15) is 4.79 Å². The van der Waals surface area contributed by atoms with E-state index in [4.69, 9.17) is 15.2 Å². The first-order chi connectivity index (χ1) is 8.66. The Morgan fingerprint density at radius 3 is 2.67 bits per heavy atom. The van der Waals surface area contributed by atoms with Gasteiger partial charge in [-0.3, -0.25) is 0 Å². The Kier molecular flexibility index (Phi) is 4.27. The molecule has 1 atom stereocenters. The molecule has 1 saturated heterocycles. The van der Waals surface area contributed by atoms with Gasteiger partial charge in [-0.05, 0) is 5.56 Å². The maximum Gasteiger partial charge on any atom is 0.331 e. The van der Waals surface area contributed by atoms with Gasteiger partial charge >= 0.3 is 5.97 Å². The minimum atomic E-state index is -1.09. The molecule has 1 unspecified atom stereocenters. The number of ether oxygens (including phenoxy) is 2.